The molecule has 1 fully saturated rings. The van der Waals surface area contributed by atoms with Crippen LogP contribution in [-0.2, 0) is 9.53 Å². The fourth-order valence-electron chi connectivity index (χ4n) is 2.76. The summed E-state index contributed by atoms with van der Waals surface area (Å²) in [7, 11) is 1.32. The lowest BCUT2D eigenvalue weighted by Crippen LogP contribution is -2.46. The van der Waals surface area contributed by atoms with Gasteiger partial charge in [0.25, 0.3) is 0 Å². The Morgan fingerprint density at radius 2 is 2.26 bits per heavy atom. The average Bonchev–Trinajstić information content (AvgIpc) is 2.77. The van der Waals surface area contributed by atoms with Gasteiger partial charge in [-0.05, 0) is 19.4 Å². The molecule has 0 amide bonds. The van der Waals surface area contributed by atoms with Crippen LogP contribution in [0, 0.1) is 11.7 Å². The summed E-state index contributed by atoms with van der Waals surface area (Å²) in [6, 6.07) is 6.00. The lowest BCUT2D eigenvalue weighted by Gasteiger charge is -2.23. The number of esters is 1. The fourth-order valence-corrected chi connectivity index (χ4v) is 2.76. The third kappa shape index (κ3) is 2.48. The minimum absolute atomic E-state index is 0.113. The molecule has 5 heteroatoms. The van der Waals surface area contributed by atoms with E-state index in [2.05, 4.69) is 5.32 Å². The Morgan fingerprint density at radius 3 is 2.84 bits per heavy atom. The molecule has 2 rings (SSSR count). The highest BCUT2D eigenvalue weighted by molar-refractivity contribution is 5.80. The molecule has 1 aromatic rings. The van der Waals surface area contributed by atoms with Crippen LogP contribution in [0.25, 0.3) is 0 Å². The number of rotatable bonds is 3. The zero-order valence-electron chi connectivity index (χ0n) is 11.0. The van der Waals surface area contributed by atoms with Crippen molar-refractivity contribution in [3.8, 4) is 0 Å². The van der Waals surface area contributed by atoms with Gasteiger partial charge in [0, 0.05) is 24.1 Å². The Kier molecular flexibility index (Phi) is 3.87. The van der Waals surface area contributed by atoms with E-state index in [1.165, 1.54) is 13.2 Å². The molecule has 3 atom stereocenters. The maximum atomic E-state index is 13.8. The van der Waals surface area contributed by atoms with Crippen molar-refractivity contribution in [1.82, 2.24) is 5.32 Å². The summed E-state index contributed by atoms with van der Waals surface area (Å²) in [5.74, 6) is -0.960. The molecule has 4 nitrogen and oxygen atoms in total. The molecule has 1 heterocycles. The number of hydrogen-bond acceptors (Lipinski definition) is 4. The van der Waals surface area contributed by atoms with Gasteiger partial charge in [-0.15, -0.1) is 0 Å². The van der Waals surface area contributed by atoms with Gasteiger partial charge in [-0.2, -0.15) is 0 Å². The number of aliphatic hydroxyl groups excluding tert-OH is 1. The molecule has 1 aliphatic rings. The lowest BCUT2D eigenvalue weighted by molar-refractivity contribution is -0.147. The van der Waals surface area contributed by atoms with Crippen LogP contribution < -0.4 is 5.32 Å². The number of benzene rings is 1. The standard InChI is InChI=1S/C14H18FNO3/c1-14(13(18)19-2)7-9(8-17)12(16-14)10-5-3-4-6-11(10)15/h3-6,9,12,16-17H,7-8H2,1-2H3/t9-,12-,14+/m1/s1. The van der Waals surface area contributed by atoms with E-state index in [0.29, 0.717) is 12.0 Å². The van der Waals surface area contributed by atoms with Crippen LogP contribution in [0.4, 0.5) is 4.39 Å². The SMILES string of the molecule is COC(=O)[C@]1(C)C[C@H](CO)[C@H](c2ccccc2F)N1. The highest BCUT2D eigenvalue weighted by Gasteiger charge is 2.48. The van der Waals surface area contributed by atoms with Crippen molar-refractivity contribution in [2.75, 3.05) is 13.7 Å². The molecule has 1 saturated heterocycles. The average molecular weight is 267 g/mol. The Labute approximate surface area is 111 Å². The summed E-state index contributed by atoms with van der Waals surface area (Å²) in [5.41, 5.74) is -0.427. The monoisotopic (exact) mass is 267 g/mol. The highest BCUT2D eigenvalue weighted by Crippen LogP contribution is 2.39. The first-order valence-corrected chi connectivity index (χ1v) is 6.23. The topological polar surface area (TPSA) is 58.6 Å². The number of nitrogens with one attached hydrogen (secondary N) is 1. The first kappa shape index (κ1) is 14.0. The predicted molar refractivity (Wildman–Crippen MR) is 67.9 cm³/mol. The van der Waals surface area contributed by atoms with Gasteiger partial charge in [0.1, 0.15) is 11.4 Å². The van der Waals surface area contributed by atoms with Gasteiger partial charge in [0.15, 0.2) is 0 Å². The molecule has 0 unspecified atom stereocenters. The predicted octanol–water partition coefficient (Wildman–Crippen LogP) is 1.40. The van der Waals surface area contributed by atoms with E-state index in [9.17, 15) is 14.3 Å². The van der Waals surface area contributed by atoms with E-state index in [1.54, 1.807) is 25.1 Å². The van der Waals surface area contributed by atoms with E-state index in [-0.39, 0.29) is 18.3 Å². The first-order valence-electron chi connectivity index (χ1n) is 6.23. The van der Waals surface area contributed by atoms with Gasteiger partial charge in [0.05, 0.1) is 7.11 Å². The minimum Gasteiger partial charge on any atom is -0.468 e. The lowest BCUT2D eigenvalue weighted by atomic mass is 9.90. The molecule has 2 N–H and O–H groups in total. The summed E-state index contributed by atoms with van der Waals surface area (Å²) < 4.78 is 18.6. The van der Waals surface area contributed by atoms with Gasteiger partial charge >= 0.3 is 5.97 Å². The molecule has 0 spiro atoms. The van der Waals surface area contributed by atoms with Gasteiger partial charge < -0.3 is 9.84 Å². The van der Waals surface area contributed by atoms with Crippen LogP contribution in [0.5, 0.6) is 0 Å². The molecule has 104 valence electrons. The van der Waals surface area contributed by atoms with E-state index >= 15 is 0 Å². The second-order valence-corrected chi connectivity index (χ2v) is 5.11. The van der Waals surface area contributed by atoms with E-state index < -0.39 is 17.6 Å². The number of methoxy groups -OCH3 is 1. The normalized spacial score (nSPS) is 30.3. The van der Waals surface area contributed by atoms with Crippen LogP contribution in [0.15, 0.2) is 24.3 Å². The largest absolute Gasteiger partial charge is 0.468 e. The second-order valence-electron chi connectivity index (χ2n) is 5.11. The molecule has 0 saturated carbocycles. The summed E-state index contributed by atoms with van der Waals surface area (Å²) >= 11 is 0. The highest BCUT2D eigenvalue weighted by atomic mass is 19.1. The van der Waals surface area contributed by atoms with Crippen molar-refractivity contribution < 1.29 is 19.0 Å². The molecule has 1 aromatic carbocycles. The van der Waals surface area contributed by atoms with Gasteiger partial charge in [-0.25, -0.2) is 4.39 Å². The molecular weight excluding hydrogens is 249 g/mol. The van der Waals surface area contributed by atoms with Crippen LogP contribution >= 0.6 is 0 Å². The third-order valence-electron chi connectivity index (χ3n) is 3.73. The molecule has 1 aliphatic heterocycles. The molecular formula is C14H18FNO3. The second kappa shape index (κ2) is 5.27. The van der Waals surface area contributed by atoms with Gasteiger partial charge in [-0.1, -0.05) is 18.2 Å². The molecule has 19 heavy (non-hydrogen) atoms. The quantitative estimate of drug-likeness (QED) is 0.813. The van der Waals surface area contributed by atoms with Crippen molar-refractivity contribution >= 4 is 5.97 Å². The van der Waals surface area contributed by atoms with Crippen molar-refractivity contribution in [2.45, 2.75) is 24.9 Å². The van der Waals surface area contributed by atoms with Crippen molar-refractivity contribution in [2.24, 2.45) is 5.92 Å². The number of halogens is 1. The van der Waals surface area contributed by atoms with E-state index in [1.807, 2.05) is 0 Å². The number of carbonyl (C=O) groups excluding carboxylic acids is 1. The number of aliphatic hydroxyl groups is 1. The van der Waals surface area contributed by atoms with Crippen molar-refractivity contribution in [3.05, 3.63) is 35.6 Å². The number of hydrogen-bond donors (Lipinski definition) is 2. The summed E-state index contributed by atoms with van der Waals surface area (Å²) in [4.78, 5) is 11.8. The minimum atomic E-state index is -0.894. The molecule has 0 bridgehead atoms. The molecule has 0 aliphatic carbocycles. The smallest absolute Gasteiger partial charge is 0.325 e. The first-order chi connectivity index (χ1) is 9.01. The Balaban J connectivity index is 2.31. The zero-order chi connectivity index (χ0) is 14.0. The van der Waals surface area contributed by atoms with E-state index in [0.717, 1.165) is 0 Å². The summed E-state index contributed by atoms with van der Waals surface area (Å²) in [6.07, 6.45) is 0.412. The van der Waals surface area contributed by atoms with E-state index in [4.69, 9.17) is 4.74 Å². The van der Waals surface area contributed by atoms with Crippen molar-refractivity contribution in [1.29, 1.82) is 0 Å². The van der Waals surface area contributed by atoms with Gasteiger partial charge in [-0.3, -0.25) is 10.1 Å². The number of carbonyl (C=O) groups is 1. The van der Waals surface area contributed by atoms with Crippen LogP contribution in [0.2, 0.25) is 0 Å². The van der Waals surface area contributed by atoms with Crippen LogP contribution in [0.1, 0.15) is 24.9 Å². The maximum Gasteiger partial charge on any atom is 0.325 e. The Hall–Kier alpha value is -1.46. The summed E-state index contributed by atoms with van der Waals surface area (Å²) in [6.45, 7) is 1.60. The Bertz CT molecular complexity index is 480. The Morgan fingerprint density at radius 1 is 1.58 bits per heavy atom. The van der Waals surface area contributed by atoms with Crippen LogP contribution in [0.3, 0.4) is 0 Å². The number of ether oxygens (including phenoxy) is 1. The summed E-state index contributed by atoms with van der Waals surface area (Å²) in [5, 5.41) is 12.6. The maximum absolute atomic E-state index is 13.8. The molecule has 0 radical (unpaired) electrons. The molecule has 0 aromatic heterocycles. The zero-order valence-corrected chi connectivity index (χ0v) is 11.0. The van der Waals surface area contributed by atoms with Crippen LogP contribution in [-0.4, -0.2) is 30.3 Å². The van der Waals surface area contributed by atoms with Crippen molar-refractivity contribution in [3.63, 3.8) is 0 Å². The third-order valence-corrected chi connectivity index (χ3v) is 3.73. The van der Waals surface area contributed by atoms with Gasteiger partial charge in [0.2, 0.25) is 0 Å². The fraction of sp³-hybridized carbons (Fsp3) is 0.500.